The van der Waals surface area contributed by atoms with Crippen LogP contribution in [0.2, 0.25) is 0 Å². The van der Waals surface area contributed by atoms with E-state index in [1.807, 2.05) is 30.3 Å². The van der Waals surface area contributed by atoms with Crippen molar-refractivity contribution in [3.05, 3.63) is 35.9 Å². The number of carbonyl (C=O) groups is 2. The highest BCUT2D eigenvalue weighted by Gasteiger charge is 2.47. The molecule has 0 aliphatic rings. The summed E-state index contributed by atoms with van der Waals surface area (Å²) >= 11 is 0. The number of ether oxygens (including phenoxy) is 3. The maximum atomic E-state index is 12.4. The van der Waals surface area contributed by atoms with E-state index < -0.39 is 17.4 Å². The molecule has 5 heteroatoms. The van der Waals surface area contributed by atoms with Gasteiger partial charge in [0.2, 0.25) is 0 Å². The minimum absolute atomic E-state index is 0.0857. The molecular weight excluding hydrogens is 320 g/mol. The fourth-order valence-corrected chi connectivity index (χ4v) is 2.29. The van der Waals surface area contributed by atoms with E-state index in [-0.39, 0.29) is 26.1 Å². The monoisotopic (exact) mass is 344 g/mol. The minimum Gasteiger partial charge on any atom is -0.497 e. The van der Waals surface area contributed by atoms with Crippen molar-refractivity contribution in [1.29, 1.82) is 0 Å². The molecule has 5 nitrogen and oxygen atoms in total. The summed E-state index contributed by atoms with van der Waals surface area (Å²) in [5.74, 6) is 1.82. The Labute approximate surface area is 149 Å². The maximum absolute atomic E-state index is 12.4. The molecule has 1 rings (SSSR count). The third-order valence-electron chi connectivity index (χ3n) is 3.63. The number of methoxy groups -OCH3 is 1. The molecule has 0 fully saturated rings. The van der Waals surface area contributed by atoms with Crippen LogP contribution in [0.15, 0.2) is 30.3 Å². The summed E-state index contributed by atoms with van der Waals surface area (Å²) in [7, 11) is 1.59. The highest BCUT2D eigenvalue weighted by Crippen LogP contribution is 2.31. The van der Waals surface area contributed by atoms with Gasteiger partial charge >= 0.3 is 11.9 Å². The summed E-state index contributed by atoms with van der Waals surface area (Å²) in [6.45, 7) is 3.67. The van der Waals surface area contributed by atoms with Crippen molar-refractivity contribution in [3.8, 4) is 18.1 Å². The van der Waals surface area contributed by atoms with Crippen LogP contribution in [-0.4, -0.2) is 32.3 Å². The number of hydrogen-bond donors (Lipinski definition) is 0. The Balaban J connectivity index is 3.04. The quantitative estimate of drug-likeness (QED) is 0.391. The number of allylic oxidation sites excluding steroid dienone is 1. The molecular formula is C20H24O5. The molecule has 0 aliphatic carbocycles. The van der Waals surface area contributed by atoms with E-state index in [0.29, 0.717) is 0 Å². The second-order valence-corrected chi connectivity index (χ2v) is 5.28. The van der Waals surface area contributed by atoms with Crippen molar-refractivity contribution in [2.75, 3.05) is 20.3 Å². The topological polar surface area (TPSA) is 61.8 Å². The first-order valence-corrected chi connectivity index (χ1v) is 8.12. The zero-order valence-corrected chi connectivity index (χ0v) is 14.9. The van der Waals surface area contributed by atoms with Gasteiger partial charge in [0.05, 0.1) is 20.3 Å². The van der Waals surface area contributed by atoms with E-state index in [1.54, 1.807) is 27.0 Å². The van der Waals surface area contributed by atoms with E-state index in [4.69, 9.17) is 20.6 Å². The highest BCUT2D eigenvalue weighted by molar-refractivity contribution is 6.00. The number of esters is 2. The molecule has 0 bridgehead atoms. The molecule has 25 heavy (non-hydrogen) atoms. The SMILES string of the molecule is C#CCC(C/C=C/c1ccc(OC)cc1)(C(=O)OCC)C(=O)OCC. The predicted octanol–water partition coefficient (Wildman–Crippen LogP) is 3.23. The summed E-state index contributed by atoms with van der Waals surface area (Å²) < 4.78 is 15.3. The molecule has 0 aromatic heterocycles. The molecule has 0 unspecified atom stereocenters. The van der Waals surface area contributed by atoms with Crippen molar-refractivity contribution in [2.45, 2.75) is 26.7 Å². The summed E-state index contributed by atoms with van der Waals surface area (Å²) in [4.78, 5) is 24.9. The van der Waals surface area contributed by atoms with E-state index >= 15 is 0 Å². The van der Waals surface area contributed by atoms with Crippen LogP contribution in [0.5, 0.6) is 5.75 Å². The Bertz CT molecular complexity index is 619. The van der Waals surface area contributed by atoms with Gasteiger partial charge in [-0.2, -0.15) is 0 Å². The van der Waals surface area contributed by atoms with Crippen LogP contribution in [0.25, 0.3) is 6.08 Å². The van der Waals surface area contributed by atoms with Gasteiger partial charge in [-0.05, 0) is 38.0 Å². The van der Waals surface area contributed by atoms with Gasteiger partial charge in [-0.1, -0.05) is 24.3 Å². The maximum Gasteiger partial charge on any atom is 0.324 e. The third-order valence-corrected chi connectivity index (χ3v) is 3.63. The van der Waals surface area contributed by atoms with Gasteiger partial charge in [-0.3, -0.25) is 9.59 Å². The van der Waals surface area contributed by atoms with E-state index in [9.17, 15) is 9.59 Å². The first-order valence-electron chi connectivity index (χ1n) is 8.12. The molecule has 0 N–H and O–H groups in total. The van der Waals surface area contributed by atoms with Crippen LogP contribution in [0.3, 0.4) is 0 Å². The Morgan fingerprint density at radius 2 is 1.68 bits per heavy atom. The van der Waals surface area contributed by atoms with Gasteiger partial charge in [-0.15, -0.1) is 12.3 Å². The minimum atomic E-state index is -1.52. The summed E-state index contributed by atoms with van der Waals surface area (Å²) in [6.07, 6.45) is 8.94. The molecule has 0 spiro atoms. The molecule has 0 atom stereocenters. The van der Waals surface area contributed by atoms with Gasteiger partial charge in [-0.25, -0.2) is 0 Å². The third kappa shape index (κ3) is 5.39. The zero-order chi connectivity index (χ0) is 18.7. The number of benzene rings is 1. The zero-order valence-electron chi connectivity index (χ0n) is 14.9. The lowest BCUT2D eigenvalue weighted by atomic mass is 9.81. The van der Waals surface area contributed by atoms with Gasteiger partial charge < -0.3 is 14.2 Å². The lowest BCUT2D eigenvalue weighted by Gasteiger charge is -2.26. The lowest BCUT2D eigenvalue weighted by molar-refractivity contribution is -0.171. The molecule has 0 amide bonds. The Morgan fingerprint density at radius 1 is 1.12 bits per heavy atom. The number of carbonyl (C=O) groups excluding carboxylic acids is 2. The first-order chi connectivity index (χ1) is 12.0. The molecule has 0 aliphatic heterocycles. The van der Waals surface area contributed by atoms with Crippen molar-refractivity contribution in [1.82, 2.24) is 0 Å². The van der Waals surface area contributed by atoms with E-state index in [2.05, 4.69) is 5.92 Å². The molecule has 134 valence electrons. The fraction of sp³-hybridized carbons (Fsp3) is 0.400. The van der Waals surface area contributed by atoms with Gasteiger partial charge in [0.15, 0.2) is 5.41 Å². The predicted molar refractivity (Wildman–Crippen MR) is 95.8 cm³/mol. The Kier molecular flexibility index (Phi) is 8.28. The van der Waals surface area contributed by atoms with Crippen LogP contribution in [0.1, 0.15) is 32.3 Å². The average molecular weight is 344 g/mol. The molecule has 0 radical (unpaired) electrons. The van der Waals surface area contributed by atoms with E-state index in [1.165, 1.54) is 0 Å². The van der Waals surface area contributed by atoms with Crippen molar-refractivity contribution < 1.29 is 23.8 Å². The molecule has 0 saturated carbocycles. The Hall–Kier alpha value is -2.74. The van der Waals surface area contributed by atoms with Crippen LogP contribution in [0, 0.1) is 17.8 Å². The summed E-state index contributed by atoms with van der Waals surface area (Å²) in [5, 5.41) is 0. The Morgan fingerprint density at radius 3 is 2.12 bits per heavy atom. The molecule has 1 aromatic rings. The molecule has 0 saturated heterocycles. The molecule has 1 aromatic carbocycles. The fourth-order valence-electron chi connectivity index (χ4n) is 2.29. The van der Waals surface area contributed by atoms with Gasteiger partial charge in [0.1, 0.15) is 5.75 Å². The lowest BCUT2D eigenvalue weighted by Crippen LogP contribution is -2.41. The second-order valence-electron chi connectivity index (χ2n) is 5.28. The largest absolute Gasteiger partial charge is 0.497 e. The first kappa shape index (κ1) is 20.3. The molecule has 0 heterocycles. The van der Waals surface area contributed by atoms with Crippen LogP contribution in [-0.2, 0) is 19.1 Å². The smallest absolute Gasteiger partial charge is 0.324 e. The number of hydrogen-bond acceptors (Lipinski definition) is 5. The second kappa shape index (κ2) is 10.2. The van der Waals surface area contributed by atoms with E-state index in [0.717, 1.165) is 11.3 Å². The number of terminal acetylenes is 1. The van der Waals surface area contributed by atoms with Gasteiger partial charge in [0.25, 0.3) is 0 Å². The number of rotatable bonds is 9. The van der Waals surface area contributed by atoms with Crippen LogP contribution >= 0.6 is 0 Å². The van der Waals surface area contributed by atoms with Gasteiger partial charge in [0, 0.05) is 6.42 Å². The average Bonchev–Trinajstić information content (AvgIpc) is 2.61. The van der Waals surface area contributed by atoms with Crippen LogP contribution in [0.4, 0.5) is 0 Å². The van der Waals surface area contributed by atoms with Crippen molar-refractivity contribution >= 4 is 18.0 Å². The normalized spacial score (nSPS) is 11.0. The van der Waals surface area contributed by atoms with Crippen molar-refractivity contribution in [2.24, 2.45) is 5.41 Å². The summed E-state index contributed by atoms with van der Waals surface area (Å²) in [5.41, 5.74) is -0.618. The summed E-state index contributed by atoms with van der Waals surface area (Å²) in [6, 6.07) is 7.38. The highest BCUT2D eigenvalue weighted by atomic mass is 16.6. The van der Waals surface area contributed by atoms with Crippen LogP contribution < -0.4 is 4.74 Å². The standard InChI is InChI=1S/C20H24O5/c1-5-14-20(18(21)24-6-2,19(22)25-7-3)15-8-9-16-10-12-17(23-4)13-11-16/h1,8-13H,6-7,14-15H2,2-4H3/b9-8+. The van der Waals surface area contributed by atoms with Crippen molar-refractivity contribution in [3.63, 3.8) is 0 Å².